The Morgan fingerprint density at radius 3 is 2.58 bits per heavy atom. The van der Waals surface area contributed by atoms with Crippen LogP contribution >= 0.6 is 0 Å². The Bertz CT molecular complexity index is 1170. The smallest absolute Gasteiger partial charge is 0.273 e. The maximum Gasteiger partial charge on any atom is 0.273 e. The Morgan fingerprint density at radius 2 is 1.87 bits per heavy atom. The van der Waals surface area contributed by atoms with Crippen LogP contribution in [0.4, 0.5) is 5.69 Å². The lowest BCUT2D eigenvalue weighted by molar-refractivity contribution is 0.0730. The van der Waals surface area contributed by atoms with Crippen molar-refractivity contribution in [1.29, 1.82) is 0 Å². The van der Waals surface area contributed by atoms with Gasteiger partial charge in [0.25, 0.3) is 5.91 Å². The molecule has 3 aromatic rings. The maximum atomic E-state index is 13.0. The SMILES string of the molecule is COc1ccc(S(=O)(=O)N2CCOCC2)cc1NC(=O)c1cc(-c2ccccc2)n[nH]1. The molecule has 1 aliphatic rings. The Kier molecular flexibility index (Phi) is 6.03. The molecule has 1 fully saturated rings. The third-order valence-corrected chi connectivity index (χ3v) is 6.81. The van der Waals surface area contributed by atoms with Crippen LogP contribution in [0.3, 0.4) is 0 Å². The van der Waals surface area contributed by atoms with Crippen molar-refractivity contribution in [3.05, 3.63) is 60.3 Å². The van der Waals surface area contributed by atoms with Gasteiger partial charge in [-0.1, -0.05) is 30.3 Å². The summed E-state index contributed by atoms with van der Waals surface area (Å²) in [5, 5.41) is 9.61. The summed E-state index contributed by atoms with van der Waals surface area (Å²) in [6.45, 7) is 1.27. The van der Waals surface area contributed by atoms with Gasteiger partial charge in [0.1, 0.15) is 11.4 Å². The average molecular weight is 442 g/mol. The van der Waals surface area contributed by atoms with Gasteiger partial charge < -0.3 is 14.8 Å². The molecule has 1 saturated heterocycles. The third-order valence-electron chi connectivity index (χ3n) is 4.92. The zero-order chi connectivity index (χ0) is 21.8. The lowest BCUT2D eigenvalue weighted by Gasteiger charge is -2.26. The molecule has 1 aromatic heterocycles. The maximum absolute atomic E-state index is 13.0. The molecular formula is C21H22N4O5S. The Morgan fingerprint density at radius 1 is 1.13 bits per heavy atom. The molecule has 0 atom stereocenters. The molecule has 162 valence electrons. The lowest BCUT2D eigenvalue weighted by atomic mass is 10.1. The fourth-order valence-corrected chi connectivity index (χ4v) is 4.70. The van der Waals surface area contributed by atoms with Crippen molar-refractivity contribution in [2.45, 2.75) is 4.90 Å². The second-order valence-corrected chi connectivity index (χ2v) is 8.80. The number of aromatic amines is 1. The van der Waals surface area contributed by atoms with E-state index in [1.54, 1.807) is 6.07 Å². The minimum atomic E-state index is -3.72. The highest BCUT2D eigenvalue weighted by molar-refractivity contribution is 7.89. The molecule has 0 spiro atoms. The summed E-state index contributed by atoms with van der Waals surface area (Å²) >= 11 is 0. The first-order valence-electron chi connectivity index (χ1n) is 9.67. The van der Waals surface area contributed by atoms with Crippen molar-refractivity contribution in [2.75, 3.05) is 38.7 Å². The van der Waals surface area contributed by atoms with Crippen LogP contribution in [0.25, 0.3) is 11.3 Å². The molecule has 1 aliphatic heterocycles. The number of amides is 1. The number of aromatic nitrogens is 2. The number of H-pyrrole nitrogens is 1. The van der Waals surface area contributed by atoms with Crippen molar-refractivity contribution in [3.8, 4) is 17.0 Å². The van der Waals surface area contributed by atoms with Crippen LogP contribution in [0, 0.1) is 0 Å². The normalized spacial score (nSPS) is 14.9. The summed E-state index contributed by atoms with van der Waals surface area (Å²) in [4.78, 5) is 12.8. The molecule has 1 amide bonds. The quantitative estimate of drug-likeness (QED) is 0.606. The summed E-state index contributed by atoms with van der Waals surface area (Å²) in [7, 11) is -2.27. The van der Waals surface area contributed by atoms with Crippen molar-refractivity contribution in [3.63, 3.8) is 0 Å². The summed E-state index contributed by atoms with van der Waals surface area (Å²) in [5.74, 6) is -0.119. The summed E-state index contributed by atoms with van der Waals surface area (Å²) < 4.78 is 37.8. The molecular weight excluding hydrogens is 420 g/mol. The Balaban J connectivity index is 1.58. The van der Waals surface area contributed by atoms with E-state index in [2.05, 4.69) is 15.5 Å². The highest BCUT2D eigenvalue weighted by Gasteiger charge is 2.27. The first-order chi connectivity index (χ1) is 15.0. The standard InChI is InChI=1S/C21H22N4O5S/c1-29-20-8-7-16(31(27,28)25-9-11-30-12-10-25)13-18(20)22-21(26)19-14-17(23-24-19)15-5-3-2-4-6-15/h2-8,13-14H,9-12H2,1H3,(H,22,26)(H,23,24). The largest absolute Gasteiger partial charge is 0.495 e. The highest BCUT2D eigenvalue weighted by Crippen LogP contribution is 2.30. The monoisotopic (exact) mass is 442 g/mol. The zero-order valence-electron chi connectivity index (χ0n) is 16.9. The molecule has 0 bridgehead atoms. The molecule has 2 heterocycles. The number of methoxy groups -OCH3 is 1. The van der Waals surface area contributed by atoms with Crippen molar-refractivity contribution in [1.82, 2.24) is 14.5 Å². The van der Waals surface area contributed by atoms with E-state index in [1.165, 1.54) is 29.6 Å². The van der Waals surface area contributed by atoms with Gasteiger partial charge in [0.05, 0.1) is 36.6 Å². The molecule has 10 heteroatoms. The number of nitrogens with zero attached hydrogens (tertiary/aromatic N) is 2. The second kappa shape index (κ2) is 8.88. The van der Waals surface area contributed by atoms with E-state index in [0.29, 0.717) is 24.7 Å². The van der Waals surface area contributed by atoms with Crippen molar-refractivity contribution < 1.29 is 22.7 Å². The van der Waals surface area contributed by atoms with Crippen LogP contribution in [-0.2, 0) is 14.8 Å². The molecule has 2 N–H and O–H groups in total. The third kappa shape index (κ3) is 4.46. The number of hydrogen-bond acceptors (Lipinski definition) is 6. The Labute approximate surface area is 180 Å². The topological polar surface area (TPSA) is 114 Å². The minimum absolute atomic E-state index is 0.0695. The van der Waals surface area contributed by atoms with E-state index in [1.807, 2.05) is 30.3 Å². The van der Waals surface area contributed by atoms with Gasteiger partial charge in [-0.05, 0) is 24.3 Å². The first-order valence-corrected chi connectivity index (χ1v) is 11.1. The summed E-state index contributed by atoms with van der Waals surface area (Å²) in [5.41, 5.74) is 1.98. The minimum Gasteiger partial charge on any atom is -0.495 e. The molecule has 0 radical (unpaired) electrons. The first kappa shape index (κ1) is 21.0. The predicted octanol–water partition coefficient (Wildman–Crippen LogP) is 2.36. The Hall–Kier alpha value is -3.21. The number of morpholine rings is 1. The van der Waals surface area contributed by atoms with Crippen LogP contribution in [0.1, 0.15) is 10.5 Å². The molecule has 0 saturated carbocycles. The van der Waals surface area contributed by atoms with Gasteiger partial charge in [-0.25, -0.2) is 8.42 Å². The highest BCUT2D eigenvalue weighted by atomic mass is 32.2. The van der Waals surface area contributed by atoms with E-state index in [0.717, 1.165) is 5.56 Å². The van der Waals surface area contributed by atoms with Gasteiger partial charge in [0, 0.05) is 18.7 Å². The van der Waals surface area contributed by atoms with Crippen LogP contribution in [-0.4, -0.2) is 62.2 Å². The number of hydrogen-bond donors (Lipinski definition) is 2. The van der Waals surface area contributed by atoms with Gasteiger partial charge >= 0.3 is 0 Å². The van der Waals surface area contributed by atoms with Gasteiger partial charge in [0.15, 0.2) is 0 Å². The molecule has 2 aromatic carbocycles. The summed E-state index contributed by atoms with van der Waals surface area (Å²) in [6.07, 6.45) is 0. The fourth-order valence-electron chi connectivity index (χ4n) is 3.27. The van der Waals surface area contributed by atoms with Crippen LogP contribution in [0.15, 0.2) is 59.5 Å². The van der Waals surface area contributed by atoms with Gasteiger partial charge in [0.2, 0.25) is 10.0 Å². The van der Waals surface area contributed by atoms with Crippen LogP contribution in [0.2, 0.25) is 0 Å². The second-order valence-electron chi connectivity index (χ2n) is 6.87. The van der Waals surface area contributed by atoms with Crippen LogP contribution < -0.4 is 10.1 Å². The van der Waals surface area contributed by atoms with E-state index in [-0.39, 0.29) is 29.4 Å². The van der Waals surface area contributed by atoms with E-state index < -0.39 is 15.9 Å². The number of rotatable bonds is 6. The number of anilines is 1. The molecule has 31 heavy (non-hydrogen) atoms. The number of nitrogens with one attached hydrogen (secondary N) is 2. The average Bonchev–Trinajstić information content (AvgIpc) is 3.31. The zero-order valence-corrected chi connectivity index (χ0v) is 17.7. The number of sulfonamides is 1. The van der Waals surface area contributed by atoms with E-state index >= 15 is 0 Å². The van der Waals surface area contributed by atoms with E-state index in [9.17, 15) is 13.2 Å². The van der Waals surface area contributed by atoms with Crippen LogP contribution in [0.5, 0.6) is 5.75 Å². The number of benzene rings is 2. The van der Waals surface area contributed by atoms with Gasteiger partial charge in [-0.15, -0.1) is 0 Å². The predicted molar refractivity (Wildman–Crippen MR) is 115 cm³/mol. The lowest BCUT2D eigenvalue weighted by Crippen LogP contribution is -2.40. The van der Waals surface area contributed by atoms with Gasteiger partial charge in [-0.3, -0.25) is 9.89 Å². The molecule has 4 rings (SSSR count). The summed E-state index contributed by atoms with van der Waals surface area (Å²) in [6, 6.07) is 15.5. The number of ether oxygens (including phenoxy) is 2. The van der Waals surface area contributed by atoms with E-state index in [4.69, 9.17) is 9.47 Å². The van der Waals surface area contributed by atoms with Crippen molar-refractivity contribution in [2.24, 2.45) is 0 Å². The molecule has 0 unspecified atom stereocenters. The van der Waals surface area contributed by atoms with Gasteiger partial charge in [-0.2, -0.15) is 9.40 Å². The fraction of sp³-hybridized carbons (Fsp3) is 0.238. The number of carbonyl (C=O) groups excluding carboxylic acids is 1. The number of carbonyl (C=O) groups is 1. The van der Waals surface area contributed by atoms with Crippen molar-refractivity contribution >= 4 is 21.6 Å². The molecule has 0 aliphatic carbocycles. The molecule has 9 nitrogen and oxygen atoms in total.